The molecule has 306 valence electrons. The summed E-state index contributed by atoms with van der Waals surface area (Å²) in [6.07, 6.45) is 50.1. The van der Waals surface area contributed by atoms with Crippen molar-refractivity contribution in [3.8, 4) is 0 Å². The predicted octanol–water partition coefficient (Wildman–Crippen LogP) is 12.7. The molecule has 4 heteroatoms. The number of likely N-dealkylation sites (tertiary alicyclic amines) is 1. The molecule has 0 bridgehead atoms. The molecule has 2 aliphatic heterocycles. The summed E-state index contributed by atoms with van der Waals surface area (Å²) in [6.45, 7) is 5.01. The van der Waals surface area contributed by atoms with Gasteiger partial charge in [0, 0.05) is 58.8 Å². The Labute approximate surface area is 346 Å². The maximum Gasteiger partial charge on any atom is 0.0347 e. The van der Waals surface area contributed by atoms with E-state index < -0.39 is 0 Å². The Kier molecular flexibility index (Phi) is 10.7. The first-order valence-electron chi connectivity index (χ1n) is 25.0. The van der Waals surface area contributed by atoms with Crippen LogP contribution in [0.15, 0.2) is 58.3 Å². The summed E-state index contributed by atoms with van der Waals surface area (Å²) in [5.41, 5.74) is 5.19. The van der Waals surface area contributed by atoms with Crippen molar-refractivity contribution in [2.24, 2.45) is 53.3 Å². The molecule has 5 saturated carbocycles. The lowest BCUT2D eigenvalue weighted by Gasteiger charge is -2.57. The van der Waals surface area contributed by atoms with Gasteiger partial charge in [0.2, 0.25) is 0 Å². The lowest BCUT2D eigenvalue weighted by atomic mass is 9.53. The number of hydrogen-bond donors (Lipinski definition) is 1. The summed E-state index contributed by atoms with van der Waals surface area (Å²) in [4.78, 5) is 8.47. The van der Waals surface area contributed by atoms with Gasteiger partial charge in [-0.2, -0.15) is 0 Å². The van der Waals surface area contributed by atoms with E-state index in [9.17, 15) is 0 Å². The third kappa shape index (κ3) is 6.70. The van der Waals surface area contributed by atoms with E-state index in [0.717, 1.165) is 77.4 Å². The zero-order chi connectivity index (χ0) is 37.3. The van der Waals surface area contributed by atoms with Gasteiger partial charge in [-0.15, -0.1) is 11.8 Å². The Balaban J connectivity index is 1.00. The molecule has 13 atom stereocenters. The van der Waals surface area contributed by atoms with Crippen molar-refractivity contribution in [1.29, 1.82) is 0 Å². The molecule has 9 aliphatic carbocycles. The molecule has 13 unspecified atom stereocenters. The molecule has 0 amide bonds. The van der Waals surface area contributed by atoms with Crippen LogP contribution < -0.4 is 5.32 Å². The van der Waals surface area contributed by atoms with Gasteiger partial charge in [0.05, 0.1) is 0 Å². The number of nitrogens with zero attached hydrogens (tertiary/aromatic N) is 2. The molecule has 11 aliphatic rings. The van der Waals surface area contributed by atoms with Crippen LogP contribution in [0.25, 0.3) is 0 Å². The molecule has 56 heavy (non-hydrogen) atoms. The summed E-state index contributed by atoms with van der Waals surface area (Å²) in [7, 11) is 0. The summed E-state index contributed by atoms with van der Waals surface area (Å²) in [5, 5.41) is 5.10. The molecule has 0 aromatic heterocycles. The average Bonchev–Trinajstić information content (AvgIpc) is 3.78. The maximum absolute atomic E-state index is 4.39. The minimum atomic E-state index is 0.628. The van der Waals surface area contributed by atoms with Crippen molar-refractivity contribution < 1.29 is 0 Å². The van der Waals surface area contributed by atoms with E-state index in [-0.39, 0.29) is 0 Å². The molecule has 6 fully saturated rings. The van der Waals surface area contributed by atoms with E-state index >= 15 is 0 Å². The molecule has 0 radical (unpaired) electrons. The van der Waals surface area contributed by atoms with E-state index in [2.05, 4.69) is 77.2 Å². The molecular weight excluding hydrogens is 699 g/mol. The van der Waals surface area contributed by atoms with Gasteiger partial charge in [-0.3, -0.25) is 4.90 Å². The third-order valence-corrected chi connectivity index (χ3v) is 20.3. The topological polar surface area (TPSA) is 18.5 Å². The van der Waals surface area contributed by atoms with Crippen molar-refractivity contribution in [2.75, 3.05) is 0 Å². The number of rotatable bonds is 6. The van der Waals surface area contributed by atoms with Gasteiger partial charge in [0.15, 0.2) is 0 Å². The van der Waals surface area contributed by atoms with Crippen molar-refractivity contribution in [2.45, 2.75) is 209 Å². The Hall–Kier alpha value is -1.39. The lowest BCUT2D eigenvalue weighted by Crippen LogP contribution is -2.61. The fourth-order valence-corrected chi connectivity index (χ4v) is 17.9. The number of allylic oxidation sites excluding steroid dienone is 9. The first-order chi connectivity index (χ1) is 27.6. The number of nitrogens with one attached hydrogen (secondary N) is 1. The van der Waals surface area contributed by atoms with E-state index in [0.29, 0.717) is 17.3 Å². The van der Waals surface area contributed by atoms with E-state index in [1.54, 1.807) is 21.9 Å². The van der Waals surface area contributed by atoms with Crippen molar-refractivity contribution in [3.05, 3.63) is 58.3 Å². The highest BCUT2D eigenvalue weighted by Gasteiger charge is 2.63. The summed E-state index contributed by atoms with van der Waals surface area (Å²) >= 11 is 2.25. The maximum atomic E-state index is 4.39. The number of fused-ring (bicyclic) bond motifs is 9. The van der Waals surface area contributed by atoms with Crippen LogP contribution in [0, 0.1) is 53.3 Å². The molecular formula is C52H77N3S. The van der Waals surface area contributed by atoms with Crippen LogP contribution in [0.3, 0.4) is 0 Å². The van der Waals surface area contributed by atoms with Crippen molar-refractivity contribution in [1.82, 2.24) is 15.1 Å². The van der Waals surface area contributed by atoms with Gasteiger partial charge in [0.25, 0.3) is 0 Å². The lowest BCUT2D eigenvalue weighted by molar-refractivity contribution is -0.0729. The fourth-order valence-electron chi connectivity index (χ4n) is 16.3. The van der Waals surface area contributed by atoms with Gasteiger partial charge in [-0.1, -0.05) is 76.3 Å². The highest BCUT2D eigenvalue weighted by Crippen LogP contribution is 2.63. The van der Waals surface area contributed by atoms with Crippen LogP contribution in [-0.2, 0) is 0 Å². The highest BCUT2D eigenvalue weighted by molar-refractivity contribution is 8.04. The van der Waals surface area contributed by atoms with Gasteiger partial charge in [0.1, 0.15) is 0 Å². The smallest absolute Gasteiger partial charge is 0.0347 e. The van der Waals surface area contributed by atoms with Crippen molar-refractivity contribution >= 4 is 11.8 Å². The molecule has 1 N–H and O–H groups in total. The minimum Gasteiger partial charge on any atom is -0.385 e. The Morgan fingerprint density at radius 2 is 1.45 bits per heavy atom. The second kappa shape index (κ2) is 15.9. The molecule has 0 spiro atoms. The SMILES string of the molecule is CC1CC=C(NC2CC3C(C4C=CCCC24)C2C4CCCCC4C(N(C4CCCCC4)C4CCC(C)CC4)CC2N3C2=CC3=C(CC2)SC2C=CCCC32)CC1. The molecule has 11 rings (SSSR count). The minimum absolute atomic E-state index is 0.628. The summed E-state index contributed by atoms with van der Waals surface area (Å²) in [6, 6.07) is 4.55. The van der Waals surface area contributed by atoms with Gasteiger partial charge in [-0.05, 0) is 186 Å². The van der Waals surface area contributed by atoms with Gasteiger partial charge in [-0.25, -0.2) is 0 Å². The molecule has 1 saturated heterocycles. The summed E-state index contributed by atoms with van der Waals surface area (Å²) < 4.78 is 0. The first-order valence-corrected chi connectivity index (χ1v) is 25.9. The number of hydrogen-bond acceptors (Lipinski definition) is 4. The Morgan fingerprint density at radius 3 is 2.29 bits per heavy atom. The van der Waals surface area contributed by atoms with Crippen molar-refractivity contribution in [3.63, 3.8) is 0 Å². The van der Waals surface area contributed by atoms with Crippen LogP contribution in [0.2, 0.25) is 0 Å². The van der Waals surface area contributed by atoms with E-state index in [1.807, 2.05) is 0 Å². The third-order valence-electron chi connectivity index (χ3n) is 18.8. The largest absolute Gasteiger partial charge is 0.385 e. The normalized spacial score (nSPS) is 46.3. The Morgan fingerprint density at radius 1 is 0.679 bits per heavy atom. The van der Waals surface area contributed by atoms with Crippen LogP contribution in [0.5, 0.6) is 0 Å². The van der Waals surface area contributed by atoms with Gasteiger partial charge >= 0.3 is 0 Å². The molecule has 0 aromatic rings. The monoisotopic (exact) mass is 776 g/mol. The zero-order valence-electron chi connectivity index (χ0n) is 35.5. The van der Waals surface area contributed by atoms with E-state index in [1.165, 1.54) is 154 Å². The Bertz CT molecular complexity index is 1590. The van der Waals surface area contributed by atoms with Crippen LogP contribution in [0.1, 0.15) is 168 Å². The quantitative estimate of drug-likeness (QED) is 0.271. The number of thioether (sulfide) groups is 1. The zero-order valence-corrected chi connectivity index (χ0v) is 36.3. The highest BCUT2D eigenvalue weighted by atomic mass is 32.2. The fraction of sp³-hybridized carbons (Fsp3) is 0.808. The predicted molar refractivity (Wildman–Crippen MR) is 236 cm³/mol. The van der Waals surface area contributed by atoms with E-state index in [4.69, 9.17) is 0 Å². The van der Waals surface area contributed by atoms with Crippen LogP contribution >= 0.6 is 11.8 Å². The molecule has 2 heterocycles. The molecule has 0 aromatic carbocycles. The first kappa shape index (κ1) is 37.6. The molecule has 3 nitrogen and oxygen atoms in total. The average molecular weight is 776 g/mol. The summed E-state index contributed by atoms with van der Waals surface area (Å²) in [5.74, 6) is 7.67. The van der Waals surface area contributed by atoms with Gasteiger partial charge < -0.3 is 10.2 Å². The van der Waals surface area contributed by atoms with Crippen LogP contribution in [0.4, 0.5) is 0 Å². The second-order valence-electron chi connectivity index (χ2n) is 21.8. The standard InChI is InChI=1S/C52H77N3S/c1-33-20-24-35(25-21-33)53-45-31-47-51(42-17-8-6-14-39(42)45)52-43-18-9-7-15-40(43)46(54(36-12-4-3-5-13-36)37-26-22-34(2)23-27-37)32-48(52)55(47)38-28-29-50-44(30-38)41-16-10-11-19-49(41)56-50/h8,11,17,19,24,30,33-34,36-37,39-43,45-49,51-53H,3-7,9-10,12-16,18,20-23,25-29,31-32H2,1-2H3. The van der Waals surface area contributed by atoms with Crippen LogP contribution in [-0.4, -0.2) is 51.3 Å². The second-order valence-corrected chi connectivity index (χ2v) is 23.1.